The standard InChI is InChI=1S/C20H42N4O2/c1-2-3-4-5-6-7-8-9-10-13-16-23-20(26)18(14-11-12-15-21)24-19(25)17-22/h18H,2-17,21-22H2,1H3,(H,23,26)(H,24,25)/t18-/m0/s1. The van der Waals surface area contributed by atoms with Gasteiger partial charge in [0.2, 0.25) is 11.8 Å². The molecule has 0 bridgehead atoms. The third kappa shape index (κ3) is 15.1. The first-order valence-electron chi connectivity index (χ1n) is 10.6. The fraction of sp³-hybridized carbons (Fsp3) is 0.900. The Balaban J connectivity index is 3.75. The largest absolute Gasteiger partial charge is 0.354 e. The molecule has 6 N–H and O–H groups in total. The molecule has 0 aliphatic rings. The molecule has 0 heterocycles. The molecule has 0 saturated heterocycles. The van der Waals surface area contributed by atoms with E-state index in [4.69, 9.17) is 11.5 Å². The number of nitrogens with two attached hydrogens (primary N) is 2. The lowest BCUT2D eigenvalue weighted by Gasteiger charge is -2.18. The molecule has 0 spiro atoms. The maximum absolute atomic E-state index is 12.3. The first kappa shape index (κ1) is 24.9. The van der Waals surface area contributed by atoms with Gasteiger partial charge in [-0.15, -0.1) is 0 Å². The summed E-state index contributed by atoms with van der Waals surface area (Å²) in [6.07, 6.45) is 15.0. The van der Waals surface area contributed by atoms with Gasteiger partial charge in [0.1, 0.15) is 6.04 Å². The zero-order chi connectivity index (χ0) is 19.5. The van der Waals surface area contributed by atoms with E-state index in [9.17, 15) is 9.59 Å². The lowest BCUT2D eigenvalue weighted by atomic mass is 10.1. The molecule has 6 heteroatoms. The predicted molar refractivity (Wildman–Crippen MR) is 109 cm³/mol. The second-order valence-electron chi connectivity index (χ2n) is 7.08. The minimum Gasteiger partial charge on any atom is -0.354 e. The molecule has 0 aliphatic carbocycles. The maximum Gasteiger partial charge on any atom is 0.242 e. The van der Waals surface area contributed by atoms with Gasteiger partial charge in [0.05, 0.1) is 6.54 Å². The van der Waals surface area contributed by atoms with Crippen molar-refractivity contribution in [3.63, 3.8) is 0 Å². The first-order valence-corrected chi connectivity index (χ1v) is 10.6. The zero-order valence-corrected chi connectivity index (χ0v) is 16.9. The van der Waals surface area contributed by atoms with Crippen LogP contribution in [-0.2, 0) is 9.59 Å². The second kappa shape index (κ2) is 18.6. The van der Waals surface area contributed by atoms with Gasteiger partial charge in [-0.05, 0) is 32.2 Å². The summed E-state index contributed by atoms with van der Waals surface area (Å²) in [5.41, 5.74) is 10.8. The van der Waals surface area contributed by atoms with Crippen molar-refractivity contribution in [2.24, 2.45) is 11.5 Å². The summed E-state index contributed by atoms with van der Waals surface area (Å²) in [6, 6.07) is -0.499. The fourth-order valence-electron chi connectivity index (χ4n) is 2.96. The summed E-state index contributed by atoms with van der Waals surface area (Å²) < 4.78 is 0. The van der Waals surface area contributed by atoms with E-state index >= 15 is 0 Å². The number of nitrogens with one attached hydrogen (secondary N) is 2. The minimum atomic E-state index is -0.499. The summed E-state index contributed by atoms with van der Waals surface area (Å²) in [5.74, 6) is -0.406. The molecular formula is C20H42N4O2. The number of rotatable bonds is 18. The van der Waals surface area contributed by atoms with Crippen LogP contribution in [0, 0.1) is 0 Å². The summed E-state index contributed by atoms with van der Waals surface area (Å²) in [6.45, 7) is 3.41. The highest BCUT2D eigenvalue weighted by molar-refractivity contribution is 5.88. The molecule has 0 aromatic carbocycles. The lowest BCUT2D eigenvalue weighted by Crippen LogP contribution is -2.48. The Bertz CT molecular complexity index is 351. The molecule has 0 radical (unpaired) electrons. The highest BCUT2D eigenvalue weighted by Crippen LogP contribution is 2.10. The van der Waals surface area contributed by atoms with E-state index in [0.29, 0.717) is 19.5 Å². The first-order chi connectivity index (χ1) is 12.7. The predicted octanol–water partition coefficient (Wildman–Crippen LogP) is 2.60. The van der Waals surface area contributed by atoms with Gasteiger partial charge in [-0.25, -0.2) is 0 Å². The van der Waals surface area contributed by atoms with Crippen LogP contribution in [0.5, 0.6) is 0 Å². The molecule has 26 heavy (non-hydrogen) atoms. The van der Waals surface area contributed by atoms with Gasteiger partial charge in [0.25, 0.3) is 0 Å². The van der Waals surface area contributed by atoms with Crippen molar-refractivity contribution in [3.05, 3.63) is 0 Å². The Kier molecular flexibility index (Phi) is 17.8. The summed E-state index contributed by atoms with van der Waals surface area (Å²) >= 11 is 0. The van der Waals surface area contributed by atoms with Crippen molar-refractivity contribution in [3.8, 4) is 0 Å². The smallest absolute Gasteiger partial charge is 0.242 e. The van der Waals surface area contributed by atoms with Crippen molar-refractivity contribution >= 4 is 11.8 Å². The van der Waals surface area contributed by atoms with Crippen LogP contribution in [0.2, 0.25) is 0 Å². The van der Waals surface area contributed by atoms with Gasteiger partial charge in [-0.2, -0.15) is 0 Å². The van der Waals surface area contributed by atoms with Crippen molar-refractivity contribution in [1.82, 2.24) is 10.6 Å². The van der Waals surface area contributed by atoms with Crippen molar-refractivity contribution in [1.29, 1.82) is 0 Å². The summed E-state index contributed by atoms with van der Waals surface area (Å²) in [7, 11) is 0. The molecule has 0 fully saturated rings. The molecule has 2 amide bonds. The third-order valence-corrected chi connectivity index (χ3v) is 4.61. The highest BCUT2D eigenvalue weighted by atomic mass is 16.2. The molecule has 154 valence electrons. The van der Waals surface area contributed by atoms with Crippen LogP contribution in [0.1, 0.15) is 90.4 Å². The summed E-state index contributed by atoms with van der Waals surface area (Å²) in [5, 5.41) is 5.64. The van der Waals surface area contributed by atoms with Crippen LogP contribution in [0.3, 0.4) is 0 Å². The van der Waals surface area contributed by atoms with Gasteiger partial charge >= 0.3 is 0 Å². The topological polar surface area (TPSA) is 110 Å². The van der Waals surface area contributed by atoms with E-state index in [1.807, 2.05) is 0 Å². The third-order valence-electron chi connectivity index (χ3n) is 4.61. The molecule has 1 atom stereocenters. The van der Waals surface area contributed by atoms with Gasteiger partial charge < -0.3 is 22.1 Å². The van der Waals surface area contributed by atoms with Gasteiger partial charge in [0, 0.05) is 6.54 Å². The van der Waals surface area contributed by atoms with E-state index in [1.54, 1.807) is 0 Å². The molecule has 0 unspecified atom stereocenters. The average Bonchev–Trinajstić information content (AvgIpc) is 2.65. The van der Waals surface area contributed by atoms with Crippen molar-refractivity contribution in [2.75, 3.05) is 19.6 Å². The Morgan fingerprint density at radius 2 is 1.38 bits per heavy atom. The van der Waals surface area contributed by atoms with Gasteiger partial charge in [0.15, 0.2) is 0 Å². The number of hydrogen-bond acceptors (Lipinski definition) is 4. The lowest BCUT2D eigenvalue weighted by molar-refractivity contribution is -0.128. The fourth-order valence-corrected chi connectivity index (χ4v) is 2.96. The molecular weight excluding hydrogens is 328 g/mol. The average molecular weight is 371 g/mol. The van der Waals surface area contributed by atoms with Gasteiger partial charge in [-0.1, -0.05) is 64.7 Å². The number of carbonyl (C=O) groups is 2. The van der Waals surface area contributed by atoms with Gasteiger partial charge in [-0.3, -0.25) is 9.59 Å². The molecule has 0 aromatic heterocycles. The van der Waals surface area contributed by atoms with Crippen LogP contribution in [0.15, 0.2) is 0 Å². The van der Waals surface area contributed by atoms with E-state index < -0.39 is 6.04 Å². The Morgan fingerprint density at radius 1 is 0.808 bits per heavy atom. The van der Waals surface area contributed by atoms with E-state index in [-0.39, 0.29) is 18.4 Å². The number of unbranched alkanes of at least 4 members (excludes halogenated alkanes) is 10. The van der Waals surface area contributed by atoms with Crippen LogP contribution in [-0.4, -0.2) is 37.5 Å². The van der Waals surface area contributed by atoms with Crippen LogP contribution in [0.4, 0.5) is 0 Å². The highest BCUT2D eigenvalue weighted by Gasteiger charge is 2.19. The number of amides is 2. The molecule has 6 nitrogen and oxygen atoms in total. The molecule has 0 aliphatic heterocycles. The van der Waals surface area contributed by atoms with E-state index in [1.165, 1.54) is 51.4 Å². The Hall–Kier alpha value is -1.14. The van der Waals surface area contributed by atoms with Crippen LogP contribution in [0.25, 0.3) is 0 Å². The SMILES string of the molecule is CCCCCCCCCCCCNC(=O)[C@H](CCCCN)NC(=O)CN. The Morgan fingerprint density at radius 3 is 1.92 bits per heavy atom. The Labute approximate surface area is 160 Å². The molecule has 0 rings (SSSR count). The second-order valence-corrected chi connectivity index (χ2v) is 7.08. The van der Waals surface area contributed by atoms with Crippen LogP contribution < -0.4 is 22.1 Å². The summed E-state index contributed by atoms with van der Waals surface area (Å²) in [4.78, 5) is 23.7. The zero-order valence-electron chi connectivity index (χ0n) is 16.9. The van der Waals surface area contributed by atoms with E-state index in [0.717, 1.165) is 25.7 Å². The van der Waals surface area contributed by atoms with Crippen molar-refractivity contribution < 1.29 is 9.59 Å². The van der Waals surface area contributed by atoms with Crippen molar-refractivity contribution in [2.45, 2.75) is 96.4 Å². The molecule has 0 aromatic rings. The maximum atomic E-state index is 12.3. The van der Waals surface area contributed by atoms with Crippen LogP contribution >= 0.6 is 0 Å². The quantitative estimate of drug-likeness (QED) is 0.278. The van der Waals surface area contributed by atoms with E-state index in [2.05, 4.69) is 17.6 Å². The number of carbonyl (C=O) groups excluding carboxylic acids is 2. The molecule has 0 saturated carbocycles. The minimum absolute atomic E-state index is 0.0981. The normalized spacial score (nSPS) is 12.0. The number of hydrogen-bond donors (Lipinski definition) is 4. The monoisotopic (exact) mass is 370 g/mol.